The lowest BCUT2D eigenvalue weighted by Crippen LogP contribution is -3.08. The SMILES string of the molecule is C[NH+](CC(=O)NCCc1ccc(OC(F)F)cc1)Cc1ccc(Cl)cc1. The Kier molecular flexibility index (Phi) is 7.81. The zero-order chi connectivity index (χ0) is 18.9. The van der Waals surface area contributed by atoms with Crippen LogP contribution in [0.2, 0.25) is 5.02 Å². The predicted octanol–water partition coefficient (Wildman–Crippen LogP) is 2.32. The summed E-state index contributed by atoms with van der Waals surface area (Å²) in [5.41, 5.74) is 2.06. The van der Waals surface area contributed by atoms with Gasteiger partial charge in [0.2, 0.25) is 0 Å². The van der Waals surface area contributed by atoms with Crippen molar-refractivity contribution in [1.29, 1.82) is 0 Å². The van der Waals surface area contributed by atoms with E-state index in [0.717, 1.165) is 22.6 Å². The minimum Gasteiger partial charge on any atom is -0.435 e. The van der Waals surface area contributed by atoms with Crippen LogP contribution in [0.3, 0.4) is 0 Å². The molecule has 4 nitrogen and oxygen atoms in total. The largest absolute Gasteiger partial charge is 0.435 e. The molecule has 0 spiro atoms. The maximum Gasteiger partial charge on any atom is 0.387 e. The van der Waals surface area contributed by atoms with E-state index in [2.05, 4.69) is 10.1 Å². The fourth-order valence-corrected chi connectivity index (χ4v) is 2.66. The average molecular weight is 384 g/mol. The van der Waals surface area contributed by atoms with Gasteiger partial charge in [-0.05, 0) is 36.2 Å². The van der Waals surface area contributed by atoms with E-state index >= 15 is 0 Å². The molecule has 26 heavy (non-hydrogen) atoms. The summed E-state index contributed by atoms with van der Waals surface area (Å²) in [7, 11) is 1.95. The van der Waals surface area contributed by atoms with Crippen molar-refractivity contribution in [3.05, 3.63) is 64.7 Å². The molecule has 0 aromatic heterocycles. The first kappa shape index (κ1) is 20.1. The first-order chi connectivity index (χ1) is 12.4. The van der Waals surface area contributed by atoms with E-state index in [9.17, 15) is 13.6 Å². The monoisotopic (exact) mass is 383 g/mol. The van der Waals surface area contributed by atoms with Crippen molar-refractivity contribution >= 4 is 17.5 Å². The zero-order valence-electron chi connectivity index (χ0n) is 14.5. The van der Waals surface area contributed by atoms with Crippen LogP contribution in [0.15, 0.2) is 48.5 Å². The summed E-state index contributed by atoms with van der Waals surface area (Å²) in [6.45, 7) is -1.24. The molecule has 2 aromatic carbocycles. The molecular weight excluding hydrogens is 362 g/mol. The first-order valence-electron chi connectivity index (χ1n) is 8.28. The van der Waals surface area contributed by atoms with Crippen molar-refractivity contribution in [3.63, 3.8) is 0 Å². The summed E-state index contributed by atoms with van der Waals surface area (Å²) in [4.78, 5) is 13.1. The molecule has 140 valence electrons. The maximum atomic E-state index is 12.1. The van der Waals surface area contributed by atoms with Gasteiger partial charge in [-0.3, -0.25) is 4.79 Å². The second kappa shape index (κ2) is 10.1. The van der Waals surface area contributed by atoms with Gasteiger partial charge in [0.15, 0.2) is 6.54 Å². The third-order valence-electron chi connectivity index (χ3n) is 3.77. The van der Waals surface area contributed by atoms with E-state index in [1.54, 1.807) is 12.1 Å². The molecule has 1 atom stereocenters. The van der Waals surface area contributed by atoms with Crippen LogP contribution in [-0.4, -0.2) is 32.7 Å². The molecule has 0 aliphatic carbocycles. The molecule has 0 saturated carbocycles. The molecule has 1 amide bonds. The number of nitrogens with one attached hydrogen (secondary N) is 2. The van der Waals surface area contributed by atoms with Gasteiger partial charge in [0.1, 0.15) is 12.3 Å². The lowest BCUT2D eigenvalue weighted by atomic mass is 10.1. The predicted molar refractivity (Wildman–Crippen MR) is 96.7 cm³/mol. The molecule has 0 aliphatic heterocycles. The zero-order valence-corrected chi connectivity index (χ0v) is 15.2. The Hall–Kier alpha value is -2.18. The Morgan fingerprint density at radius 1 is 1.12 bits per heavy atom. The highest BCUT2D eigenvalue weighted by Gasteiger charge is 2.10. The number of halogens is 3. The Bertz CT molecular complexity index is 694. The van der Waals surface area contributed by atoms with Crippen molar-refractivity contribution in [1.82, 2.24) is 5.32 Å². The van der Waals surface area contributed by atoms with Gasteiger partial charge < -0.3 is 15.0 Å². The van der Waals surface area contributed by atoms with Gasteiger partial charge >= 0.3 is 6.61 Å². The number of alkyl halides is 2. The van der Waals surface area contributed by atoms with Gasteiger partial charge in [0.05, 0.1) is 7.05 Å². The molecule has 0 saturated heterocycles. The van der Waals surface area contributed by atoms with Gasteiger partial charge in [-0.15, -0.1) is 0 Å². The summed E-state index contributed by atoms with van der Waals surface area (Å²) < 4.78 is 28.5. The van der Waals surface area contributed by atoms with Gasteiger partial charge in [0, 0.05) is 17.1 Å². The smallest absolute Gasteiger partial charge is 0.387 e. The van der Waals surface area contributed by atoms with Gasteiger partial charge in [-0.25, -0.2) is 0 Å². The van der Waals surface area contributed by atoms with E-state index in [0.29, 0.717) is 24.5 Å². The van der Waals surface area contributed by atoms with Crippen LogP contribution in [-0.2, 0) is 17.8 Å². The van der Waals surface area contributed by atoms with Crippen molar-refractivity contribution in [2.24, 2.45) is 0 Å². The molecule has 2 N–H and O–H groups in total. The third-order valence-corrected chi connectivity index (χ3v) is 4.02. The van der Waals surface area contributed by atoms with E-state index < -0.39 is 6.61 Å². The maximum absolute atomic E-state index is 12.1. The number of quaternary nitrogens is 1. The fourth-order valence-electron chi connectivity index (χ4n) is 2.53. The molecule has 7 heteroatoms. The van der Waals surface area contributed by atoms with Gasteiger partial charge in [0.25, 0.3) is 5.91 Å². The normalized spacial score (nSPS) is 12.0. The lowest BCUT2D eigenvalue weighted by molar-refractivity contribution is -0.885. The molecule has 1 unspecified atom stereocenters. The van der Waals surface area contributed by atoms with Gasteiger partial charge in [-0.2, -0.15) is 8.78 Å². The number of hydrogen-bond acceptors (Lipinski definition) is 2. The van der Waals surface area contributed by atoms with Crippen LogP contribution in [0.25, 0.3) is 0 Å². The number of likely N-dealkylation sites (N-methyl/N-ethyl adjacent to an activating group) is 1. The second-order valence-corrected chi connectivity index (χ2v) is 6.50. The number of carbonyl (C=O) groups is 1. The number of rotatable bonds is 9. The molecule has 0 radical (unpaired) electrons. The molecule has 0 bridgehead atoms. The van der Waals surface area contributed by atoms with E-state index in [1.165, 1.54) is 12.1 Å². The Morgan fingerprint density at radius 2 is 1.73 bits per heavy atom. The molecular formula is C19H22ClF2N2O2+. The topological polar surface area (TPSA) is 42.8 Å². The van der Waals surface area contributed by atoms with Crippen LogP contribution in [0, 0.1) is 0 Å². The average Bonchev–Trinajstić information content (AvgIpc) is 2.58. The molecule has 2 rings (SSSR count). The van der Waals surface area contributed by atoms with Crippen molar-refractivity contribution in [2.75, 3.05) is 20.1 Å². The lowest BCUT2D eigenvalue weighted by Gasteiger charge is -2.14. The highest BCUT2D eigenvalue weighted by atomic mass is 35.5. The van der Waals surface area contributed by atoms with Crippen LogP contribution in [0.4, 0.5) is 8.78 Å². The number of hydrogen-bond donors (Lipinski definition) is 2. The summed E-state index contributed by atoms with van der Waals surface area (Å²) in [6, 6.07) is 14.0. The highest BCUT2D eigenvalue weighted by Crippen LogP contribution is 2.15. The third kappa shape index (κ3) is 7.37. The second-order valence-electron chi connectivity index (χ2n) is 6.06. The molecule has 0 heterocycles. The standard InChI is InChI=1S/C19H21ClF2N2O2/c1-24(12-15-2-6-16(20)7-3-15)13-18(25)23-11-10-14-4-8-17(9-5-14)26-19(21)22/h2-9,19H,10-13H2,1H3,(H,23,25)/p+1. The molecule has 2 aromatic rings. The van der Waals surface area contributed by atoms with E-state index in [1.807, 2.05) is 31.3 Å². The number of ether oxygens (including phenoxy) is 1. The van der Waals surface area contributed by atoms with Crippen LogP contribution < -0.4 is 15.0 Å². The van der Waals surface area contributed by atoms with E-state index in [4.69, 9.17) is 11.6 Å². The number of carbonyl (C=O) groups excluding carboxylic acids is 1. The molecule has 0 fully saturated rings. The first-order valence-corrected chi connectivity index (χ1v) is 8.66. The summed E-state index contributed by atoms with van der Waals surface area (Å²) in [6.07, 6.45) is 0.622. The Morgan fingerprint density at radius 3 is 2.35 bits per heavy atom. The van der Waals surface area contributed by atoms with Crippen molar-refractivity contribution in [3.8, 4) is 5.75 Å². The van der Waals surface area contributed by atoms with Crippen LogP contribution in [0.1, 0.15) is 11.1 Å². The van der Waals surface area contributed by atoms with E-state index in [-0.39, 0.29) is 11.7 Å². The van der Waals surface area contributed by atoms with Crippen LogP contribution in [0.5, 0.6) is 5.75 Å². The number of benzene rings is 2. The van der Waals surface area contributed by atoms with Gasteiger partial charge in [-0.1, -0.05) is 35.9 Å². The quantitative estimate of drug-likeness (QED) is 0.698. The van der Waals surface area contributed by atoms with Crippen molar-refractivity contribution < 1.29 is 23.2 Å². The number of amides is 1. The minimum atomic E-state index is -2.83. The summed E-state index contributed by atoms with van der Waals surface area (Å²) >= 11 is 5.86. The molecule has 0 aliphatic rings. The Labute approximate surface area is 156 Å². The van der Waals surface area contributed by atoms with Crippen molar-refractivity contribution in [2.45, 2.75) is 19.6 Å². The summed E-state index contributed by atoms with van der Waals surface area (Å²) in [5, 5.41) is 3.56. The fraction of sp³-hybridized carbons (Fsp3) is 0.316. The Balaban J connectivity index is 1.68. The van der Waals surface area contributed by atoms with Crippen LogP contribution >= 0.6 is 11.6 Å². The summed E-state index contributed by atoms with van der Waals surface area (Å²) in [5.74, 6) is 0.0920. The minimum absolute atomic E-state index is 0.0332. The highest BCUT2D eigenvalue weighted by molar-refractivity contribution is 6.30.